The molecule has 0 bridgehead atoms. The number of carbonyl (C=O) groups excluding carboxylic acids is 1. The Hall–Kier alpha value is -2.64. The van der Waals surface area contributed by atoms with E-state index in [1.165, 1.54) is 15.9 Å². The lowest BCUT2D eigenvalue weighted by molar-refractivity contribution is -0.139. The van der Waals surface area contributed by atoms with Gasteiger partial charge in [0.2, 0.25) is 6.79 Å². The molecule has 1 atom stereocenters. The maximum atomic E-state index is 13.7. The summed E-state index contributed by atoms with van der Waals surface area (Å²) in [6.45, 7) is 3.78. The van der Waals surface area contributed by atoms with E-state index in [9.17, 15) is 14.7 Å². The van der Waals surface area contributed by atoms with Crippen LogP contribution in [0.15, 0.2) is 55.9 Å². The van der Waals surface area contributed by atoms with E-state index in [-0.39, 0.29) is 24.7 Å². The van der Waals surface area contributed by atoms with Crippen LogP contribution in [-0.4, -0.2) is 29.0 Å². The minimum atomic E-state index is -0.742. The predicted molar refractivity (Wildman–Crippen MR) is 141 cm³/mol. The van der Waals surface area contributed by atoms with Crippen LogP contribution < -0.4 is 24.4 Å². The number of rotatable bonds is 4. The van der Waals surface area contributed by atoms with Gasteiger partial charge >= 0.3 is 5.97 Å². The van der Waals surface area contributed by atoms with Gasteiger partial charge in [-0.05, 0) is 93.8 Å². The third-order valence-corrected chi connectivity index (χ3v) is 7.98. The van der Waals surface area contributed by atoms with E-state index < -0.39 is 12.0 Å². The summed E-state index contributed by atoms with van der Waals surface area (Å²) in [4.78, 5) is 31.8. The number of ether oxygens (including phenoxy) is 3. The van der Waals surface area contributed by atoms with E-state index in [4.69, 9.17) is 14.2 Å². The molecule has 3 heterocycles. The molecule has 0 fully saturated rings. The van der Waals surface area contributed by atoms with Gasteiger partial charge < -0.3 is 19.3 Å². The van der Waals surface area contributed by atoms with Gasteiger partial charge in [-0.25, -0.2) is 9.79 Å². The standard InChI is InChI=1S/C24H18BrIN2O6S/c1-3-32-23(31)19-11(2)27-24-28(20(19)13-4-5-16-17(9-13)34-10-33-16)22(30)18(35-24)8-12-6-14(25)21(29)15(26)7-12/h4-9,20,29H,3,10H2,1-2H3/b18-8+/t20-/m1/s1. The number of aromatic hydroxyl groups is 1. The van der Waals surface area contributed by atoms with Crippen molar-refractivity contribution in [3.8, 4) is 17.2 Å². The second-order valence-corrected chi connectivity index (χ2v) is 10.8. The Morgan fingerprint density at radius 3 is 2.86 bits per heavy atom. The number of nitrogens with zero attached hydrogens (tertiary/aromatic N) is 2. The Morgan fingerprint density at radius 1 is 1.34 bits per heavy atom. The third kappa shape index (κ3) is 4.29. The molecule has 2 aliphatic rings. The first-order chi connectivity index (χ1) is 16.8. The molecule has 0 aliphatic carbocycles. The number of allylic oxidation sites excluding steroid dienone is 1. The van der Waals surface area contributed by atoms with Gasteiger partial charge in [-0.2, -0.15) is 0 Å². The Balaban J connectivity index is 1.73. The molecule has 0 saturated heterocycles. The summed E-state index contributed by atoms with van der Waals surface area (Å²) in [5.41, 5.74) is 1.92. The molecular formula is C24H18BrIN2O6S. The predicted octanol–water partition coefficient (Wildman–Crippen LogP) is 3.60. The van der Waals surface area contributed by atoms with Gasteiger partial charge in [0, 0.05) is 0 Å². The number of carbonyl (C=O) groups is 1. The van der Waals surface area contributed by atoms with Crippen LogP contribution in [0.3, 0.4) is 0 Å². The molecule has 11 heteroatoms. The van der Waals surface area contributed by atoms with Crippen LogP contribution in [0.2, 0.25) is 0 Å². The molecule has 35 heavy (non-hydrogen) atoms. The van der Waals surface area contributed by atoms with E-state index in [0.29, 0.717) is 45.7 Å². The average molecular weight is 669 g/mol. The zero-order chi connectivity index (χ0) is 24.9. The number of benzene rings is 2. The number of phenolic OH excluding ortho intramolecular Hbond substituents is 1. The lowest BCUT2D eigenvalue weighted by Gasteiger charge is -2.24. The molecule has 1 N–H and O–H groups in total. The highest BCUT2D eigenvalue weighted by Gasteiger charge is 2.34. The molecule has 1 aromatic heterocycles. The fourth-order valence-corrected chi connectivity index (χ4v) is 6.56. The third-order valence-electron chi connectivity index (χ3n) is 5.57. The number of esters is 1. The van der Waals surface area contributed by atoms with E-state index in [0.717, 1.165) is 5.56 Å². The molecule has 0 radical (unpaired) electrons. The number of halogens is 2. The number of thiazole rings is 1. The van der Waals surface area contributed by atoms with Gasteiger partial charge in [0.15, 0.2) is 16.3 Å². The minimum absolute atomic E-state index is 0.113. The molecular weight excluding hydrogens is 651 g/mol. The monoisotopic (exact) mass is 668 g/mol. The highest BCUT2D eigenvalue weighted by atomic mass is 127. The molecule has 2 aliphatic heterocycles. The smallest absolute Gasteiger partial charge is 0.338 e. The summed E-state index contributed by atoms with van der Waals surface area (Å²) in [7, 11) is 0. The number of fused-ring (bicyclic) bond motifs is 2. The van der Waals surface area contributed by atoms with Crippen LogP contribution in [-0.2, 0) is 9.53 Å². The van der Waals surface area contributed by atoms with E-state index >= 15 is 0 Å². The lowest BCUT2D eigenvalue weighted by atomic mass is 9.95. The van der Waals surface area contributed by atoms with Crippen molar-refractivity contribution in [1.29, 1.82) is 0 Å². The summed E-state index contributed by atoms with van der Waals surface area (Å²) in [6, 6.07) is 8.13. The van der Waals surface area contributed by atoms with Crippen molar-refractivity contribution < 1.29 is 24.1 Å². The molecule has 2 aromatic carbocycles. The highest BCUT2D eigenvalue weighted by Crippen LogP contribution is 2.38. The Kier molecular flexibility index (Phi) is 6.49. The minimum Gasteiger partial charge on any atom is -0.506 e. The van der Waals surface area contributed by atoms with Crippen LogP contribution in [0.4, 0.5) is 0 Å². The number of hydrogen-bond acceptors (Lipinski definition) is 8. The van der Waals surface area contributed by atoms with Crippen LogP contribution in [0.1, 0.15) is 31.0 Å². The van der Waals surface area contributed by atoms with E-state index in [2.05, 4.69) is 20.9 Å². The first kappa shape index (κ1) is 24.1. The largest absolute Gasteiger partial charge is 0.506 e. The van der Waals surface area contributed by atoms with Crippen LogP contribution in [0.25, 0.3) is 6.08 Å². The van der Waals surface area contributed by atoms with E-state index in [1.807, 2.05) is 28.7 Å². The van der Waals surface area contributed by atoms with Crippen LogP contribution in [0, 0.1) is 3.57 Å². The lowest BCUT2D eigenvalue weighted by Crippen LogP contribution is -2.39. The number of phenols is 1. The number of aromatic nitrogens is 1. The van der Waals surface area contributed by atoms with Crippen molar-refractivity contribution >= 4 is 61.9 Å². The first-order valence-electron chi connectivity index (χ1n) is 10.6. The highest BCUT2D eigenvalue weighted by molar-refractivity contribution is 14.1. The summed E-state index contributed by atoms with van der Waals surface area (Å²) < 4.78 is 19.4. The first-order valence-corrected chi connectivity index (χ1v) is 13.2. The molecule has 3 aromatic rings. The molecule has 0 amide bonds. The van der Waals surface area contributed by atoms with Crippen molar-refractivity contribution in [3.05, 3.63) is 80.5 Å². The summed E-state index contributed by atoms with van der Waals surface area (Å²) >= 11 is 6.61. The SMILES string of the molecule is CCOC(=O)C1=C(C)N=c2s/c(=C/c3cc(Br)c(O)c(I)c3)c(=O)n2[C@@H]1c1ccc2c(c1)OCO2. The van der Waals surface area contributed by atoms with Gasteiger partial charge in [-0.1, -0.05) is 17.4 Å². The van der Waals surface area contributed by atoms with Gasteiger partial charge in [-0.15, -0.1) is 0 Å². The van der Waals surface area contributed by atoms with Crippen molar-refractivity contribution in [2.75, 3.05) is 13.4 Å². The Bertz CT molecular complexity index is 1570. The maximum Gasteiger partial charge on any atom is 0.338 e. The zero-order valence-corrected chi connectivity index (χ0v) is 23.1. The Morgan fingerprint density at radius 2 is 2.11 bits per heavy atom. The van der Waals surface area contributed by atoms with Crippen molar-refractivity contribution in [1.82, 2.24) is 4.57 Å². The quantitative estimate of drug-likeness (QED) is 0.337. The molecule has 0 unspecified atom stereocenters. The fourth-order valence-electron chi connectivity index (χ4n) is 4.01. The van der Waals surface area contributed by atoms with Crippen molar-refractivity contribution in [2.24, 2.45) is 4.99 Å². The molecule has 180 valence electrons. The topological polar surface area (TPSA) is 99.4 Å². The number of hydrogen-bond donors (Lipinski definition) is 1. The van der Waals surface area contributed by atoms with Gasteiger partial charge in [0.1, 0.15) is 5.75 Å². The molecule has 8 nitrogen and oxygen atoms in total. The summed E-state index contributed by atoms with van der Waals surface area (Å²) in [5, 5.41) is 10.1. The second-order valence-electron chi connectivity index (χ2n) is 7.75. The molecule has 0 saturated carbocycles. The van der Waals surface area contributed by atoms with Crippen LogP contribution >= 0.6 is 49.9 Å². The van der Waals surface area contributed by atoms with Gasteiger partial charge in [0.05, 0.1) is 36.5 Å². The van der Waals surface area contributed by atoms with Crippen molar-refractivity contribution in [2.45, 2.75) is 19.9 Å². The average Bonchev–Trinajstić information content (AvgIpc) is 3.40. The van der Waals surface area contributed by atoms with Crippen LogP contribution in [0.5, 0.6) is 17.2 Å². The normalized spacial score (nSPS) is 16.8. The fraction of sp³-hybridized carbons (Fsp3) is 0.208. The van der Waals surface area contributed by atoms with Gasteiger partial charge in [0.25, 0.3) is 5.56 Å². The molecule has 0 spiro atoms. The van der Waals surface area contributed by atoms with Crippen molar-refractivity contribution in [3.63, 3.8) is 0 Å². The van der Waals surface area contributed by atoms with Gasteiger partial charge in [-0.3, -0.25) is 9.36 Å². The maximum absolute atomic E-state index is 13.7. The summed E-state index contributed by atoms with van der Waals surface area (Å²) in [5.74, 6) is 0.766. The summed E-state index contributed by atoms with van der Waals surface area (Å²) in [6.07, 6.45) is 1.75. The zero-order valence-electron chi connectivity index (χ0n) is 18.5. The molecule has 5 rings (SSSR count). The van der Waals surface area contributed by atoms with E-state index in [1.54, 1.807) is 44.2 Å². The Labute approximate surface area is 225 Å². The second kappa shape index (κ2) is 9.43.